The zero-order valence-electron chi connectivity index (χ0n) is 10.5. The van der Waals surface area contributed by atoms with Crippen molar-refractivity contribution in [3.8, 4) is 22.8 Å². The Hall–Kier alpha value is -2.37. The lowest BCUT2D eigenvalue weighted by molar-refractivity contribution is 1.04. The topological polar surface area (TPSA) is 86.0 Å². The van der Waals surface area contributed by atoms with Gasteiger partial charge in [-0.3, -0.25) is 15.3 Å². The molecule has 3 aromatic rings. The van der Waals surface area contributed by atoms with E-state index in [9.17, 15) is 0 Å². The van der Waals surface area contributed by atoms with Crippen LogP contribution in [0.15, 0.2) is 12.4 Å². The van der Waals surface area contributed by atoms with Gasteiger partial charge in [0.15, 0.2) is 0 Å². The van der Waals surface area contributed by atoms with E-state index >= 15 is 0 Å². The smallest absolute Gasteiger partial charge is 0.114 e. The molecule has 3 N–H and O–H groups in total. The second-order valence-corrected chi connectivity index (χ2v) is 4.43. The van der Waals surface area contributed by atoms with E-state index in [0.717, 1.165) is 39.5 Å². The van der Waals surface area contributed by atoms with Gasteiger partial charge in [0.25, 0.3) is 0 Å². The Morgan fingerprint density at radius 3 is 1.94 bits per heavy atom. The minimum atomic E-state index is 0.897. The zero-order chi connectivity index (χ0) is 12.7. The fourth-order valence-corrected chi connectivity index (χ4v) is 2.07. The molecule has 3 heterocycles. The predicted molar refractivity (Wildman–Crippen MR) is 68.0 cm³/mol. The van der Waals surface area contributed by atoms with Crippen molar-refractivity contribution in [1.29, 1.82) is 0 Å². The van der Waals surface area contributed by atoms with Gasteiger partial charge >= 0.3 is 0 Å². The fourth-order valence-electron chi connectivity index (χ4n) is 2.07. The van der Waals surface area contributed by atoms with Crippen molar-refractivity contribution in [2.75, 3.05) is 0 Å². The van der Waals surface area contributed by atoms with Crippen LogP contribution in [0.2, 0.25) is 0 Å². The van der Waals surface area contributed by atoms with Gasteiger partial charge in [-0.05, 0) is 31.9 Å². The standard InChI is InChI=1S/C12H14N6/c1-6-4-13-15-9(6)11-8(3)12(18-17-11)10-7(2)5-14-16-10/h4-5H,1-3H3,(H,13,15)(H,14,16)(H,17,18). The summed E-state index contributed by atoms with van der Waals surface area (Å²) in [6.45, 7) is 6.06. The van der Waals surface area contributed by atoms with Gasteiger partial charge in [-0.25, -0.2) is 0 Å². The van der Waals surface area contributed by atoms with Gasteiger partial charge in [0, 0.05) is 5.56 Å². The van der Waals surface area contributed by atoms with Crippen molar-refractivity contribution in [3.05, 3.63) is 29.1 Å². The SMILES string of the molecule is Cc1cn[nH]c1-c1n[nH]c(-c2[nH]ncc2C)c1C. The maximum atomic E-state index is 4.37. The first-order chi connectivity index (χ1) is 8.68. The summed E-state index contributed by atoms with van der Waals surface area (Å²) in [5.74, 6) is 0. The quantitative estimate of drug-likeness (QED) is 0.643. The molecule has 6 nitrogen and oxygen atoms in total. The lowest BCUT2D eigenvalue weighted by Gasteiger charge is -1.99. The molecule has 0 radical (unpaired) electrons. The molecule has 0 unspecified atom stereocenters. The van der Waals surface area contributed by atoms with Gasteiger partial charge < -0.3 is 0 Å². The second-order valence-electron chi connectivity index (χ2n) is 4.43. The average Bonchev–Trinajstić information content (AvgIpc) is 3.01. The van der Waals surface area contributed by atoms with Crippen LogP contribution < -0.4 is 0 Å². The number of nitrogens with zero attached hydrogens (tertiary/aromatic N) is 3. The van der Waals surface area contributed by atoms with Crippen molar-refractivity contribution in [3.63, 3.8) is 0 Å². The third-order valence-corrected chi connectivity index (χ3v) is 3.15. The van der Waals surface area contributed by atoms with Crippen LogP contribution in [-0.2, 0) is 0 Å². The van der Waals surface area contributed by atoms with Crippen LogP contribution in [0.4, 0.5) is 0 Å². The van der Waals surface area contributed by atoms with Crippen LogP contribution in [0.5, 0.6) is 0 Å². The Morgan fingerprint density at radius 1 is 0.778 bits per heavy atom. The van der Waals surface area contributed by atoms with Crippen molar-refractivity contribution in [1.82, 2.24) is 30.6 Å². The average molecular weight is 242 g/mol. The summed E-state index contributed by atoms with van der Waals surface area (Å²) >= 11 is 0. The third kappa shape index (κ3) is 1.46. The first-order valence-electron chi connectivity index (χ1n) is 5.74. The molecule has 0 aliphatic rings. The van der Waals surface area contributed by atoms with E-state index in [2.05, 4.69) is 30.6 Å². The lowest BCUT2D eigenvalue weighted by atomic mass is 10.1. The molecule has 0 aliphatic carbocycles. The summed E-state index contributed by atoms with van der Waals surface area (Å²) in [6.07, 6.45) is 3.60. The molecule has 6 heteroatoms. The van der Waals surface area contributed by atoms with Crippen molar-refractivity contribution < 1.29 is 0 Å². The summed E-state index contributed by atoms with van der Waals surface area (Å²) in [5, 5.41) is 21.5. The molecule has 0 aromatic carbocycles. The summed E-state index contributed by atoms with van der Waals surface area (Å²) in [7, 11) is 0. The van der Waals surface area contributed by atoms with Crippen molar-refractivity contribution >= 4 is 0 Å². The maximum absolute atomic E-state index is 4.37. The highest BCUT2D eigenvalue weighted by Crippen LogP contribution is 2.29. The maximum Gasteiger partial charge on any atom is 0.114 e. The molecule has 0 saturated heterocycles. The van der Waals surface area contributed by atoms with E-state index in [1.54, 1.807) is 12.4 Å². The zero-order valence-corrected chi connectivity index (χ0v) is 10.5. The van der Waals surface area contributed by atoms with E-state index in [1.165, 1.54) is 0 Å². The molecule has 0 fully saturated rings. The van der Waals surface area contributed by atoms with Gasteiger partial charge in [0.2, 0.25) is 0 Å². The Kier molecular flexibility index (Phi) is 2.29. The van der Waals surface area contributed by atoms with Gasteiger partial charge in [-0.15, -0.1) is 0 Å². The first kappa shape index (κ1) is 10.8. The summed E-state index contributed by atoms with van der Waals surface area (Å²) in [5.41, 5.74) is 7.04. The van der Waals surface area contributed by atoms with Crippen LogP contribution >= 0.6 is 0 Å². The largest absolute Gasteiger partial charge is 0.276 e. The van der Waals surface area contributed by atoms with Gasteiger partial charge in [-0.1, -0.05) is 0 Å². The number of rotatable bonds is 2. The van der Waals surface area contributed by atoms with Crippen molar-refractivity contribution in [2.45, 2.75) is 20.8 Å². The molecule has 0 amide bonds. The molecule has 3 aromatic heterocycles. The predicted octanol–water partition coefficient (Wildman–Crippen LogP) is 2.12. The molecular formula is C12H14N6. The Morgan fingerprint density at radius 2 is 1.39 bits per heavy atom. The molecular weight excluding hydrogens is 228 g/mol. The van der Waals surface area contributed by atoms with E-state index in [-0.39, 0.29) is 0 Å². The first-order valence-corrected chi connectivity index (χ1v) is 5.74. The number of H-pyrrole nitrogens is 3. The van der Waals surface area contributed by atoms with Crippen LogP contribution in [0.1, 0.15) is 16.7 Å². The normalized spacial score (nSPS) is 11.1. The number of hydrogen-bond donors (Lipinski definition) is 3. The number of nitrogens with one attached hydrogen (secondary N) is 3. The highest BCUT2D eigenvalue weighted by molar-refractivity contribution is 5.72. The number of hydrogen-bond acceptors (Lipinski definition) is 3. The van der Waals surface area contributed by atoms with Crippen LogP contribution in [0.3, 0.4) is 0 Å². The molecule has 0 bridgehead atoms. The number of aromatic nitrogens is 6. The Labute approximate surface area is 104 Å². The third-order valence-electron chi connectivity index (χ3n) is 3.15. The number of aryl methyl sites for hydroxylation is 2. The minimum absolute atomic E-state index is 0.897. The van der Waals surface area contributed by atoms with Crippen LogP contribution in [-0.4, -0.2) is 30.6 Å². The van der Waals surface area contributed by atoms with E-state index < -0.39 is 0 Å². The molecule has 0 spiro atoms. The van der Waals surface area contributed by atoms with Gasteiger partial charge in [0.05, 0.1) is 29.5 Å². The minimum Gasteiger partial charge on any atom is -0.276 e. The van der Waals surface area contributed by atoms with E-state index in [4.69, 9.17) is 0 Å². The molecule has 0 aliphatic heterocycles. The van der Waals surface area contributed by atoms with Crippen molar-refractivity contribution in [2.24, 2.45) is 0 Å². The summed E-state index contributed by atoms with van der Waals surface area (Å²) in [4.78, 5) is 0. The highest BCUT2D eigenvalue weighted by Gasteiger charge is 2.17. The molecule has 3 rings (SSSR count). The molecule has 18 heavy (non-hydrogen) atoms. The van der Waals surface area contributed by atoms with Gasteiger partial charge in [0.1, 0.15) is 5.69 Å². The van der Waals surface area contributed by atoms with Crippen LogP contribution in [0, 0.1) is 20.8 Å². The van der Waals surface area contributed by atoms with Gasteiger partial charge in [-0.2, -0.15) is 15.3 Å². The summed E-state index contributed by atoms with van der Waals surface area (Å²) in [6, 6.07) is 0. The number of aromatic amines is 3. The fraction of sp³-hybridized carbons (Fsp3) is 0.250. The molecule has 0 atom stereocenters. The molecule has 92 valence electrons. The Balaban J connectivity index is 2.15. The molecule has 0 saturated carbocycles. The van der Waals surface area contributed by atoms with E-state index in [0.29, 0.717) is 0 Å². The monoisotopic (exact) mass is 242 g/mol. The summed E-state index contributed by atoms with van der Waals surface area (Å²) < 4.78 is 0. The second kappa shape index (κ2) is 3.83. The lowest BCUT2D eigenvalue weighted by Crippen LogP contribution is -1.86. The Bertz CT molecular complexity index is 629. The van der Waals surface area contributed by atoms with E-state index in [1.807, 2.05) is 20.8 Å². The highest BCUT2D eigenvalue weighted by atomic mass is 15.2. The van der Waals surface area contributed by atoms with Crippen LogP contribution in [0.25, 0.3) is 22.8 Å².